The third kappa shape index (κ3) is 3.87. The highest BCUT2D eigenvalue weighted by Crippen LogP contribution is 2.33. The van der Waals surface area contributed by atoms with Gasteiger partial charge in [-0.15, -0.1) is 5.10 Å². The molecule has 0 aliphatic carbocycles. The fraction of sp³-hybridized carbons (Fsp3) is 0.562. The number of nitrogens with zero attached hydrogens (tertiary/aromatic N) is 3. The summed E-state index contributed by atoms with van der Waals surface area (Å²) < 4.78 is 16.3. The SMILES string of the molecule is CC(C)(C)OC(=O)N1CCCC1c1nnc(NCc2ccco2)o1. The molecule has 1 aliphatic rings. The van der Waals surface area contributed by atoms with E-state index in [0.717, 1.165) is 18.6 Å². The number of rotatable bonds is 4. The third-order valence-corrected chi connectivity index (χ3v) is 3.60. The molecule has 8 nitrogen and oxygen atoms in total. The van der Waals surface area contributed by atoms with Gasteiger partial charge in [0.05, 0.1) is 12.8 Å². The van der Waals surface area contributed by atoms with E-state index in [1.807, 2.05) is 32.9 Å². The van der Waals surface area contributed by atoms with E-state index in [0.29, 0.717) is 25.0 Å². The van der Waals surface area contributed by atoms with E-state index in [1.54, 1.807) is 11.2 Å². The zero-order valence-electron chi connectivity index (χ0n) is 14.1. The fourth-order valence-electron chi connectivity index (χ4n) is 2.58. The van der Waals surface area contributed by atoms with Gasteiger partial charge in [-0.05, 0) is 45.7 Å². The molecule has 0 saturated carbocycles. The van der Waals surface area contributed by atoms with Crippen LogP contribution in [0.2, 0.25) is 0 Å². The van der Waals surface area contributed by atoms with Gasteiger partial charge in [0.2, 0.25) is 5.89 Å². The molecule has 1 amide bonds. The van der Waals surface area contributed by atoms with E-state index in [-0.39, 0.29) is 12.1 Å². The first kappa shape index (κ1) is 16.4. The topological polar surface area (TPSA) is 93.6 Å². The van der Waals surface area contributed by atoms with E-state index in [4.69, 9.17) is 13.6 Å². The Balaban J connectivity index is 1.63. The highest BCUT2D eigenvalue weighted by molar-refractivity contribution is 5.69. The van der Waals surface area contributed by atoms with Crippen molar-refractivity contribution in [1.29, 1.82) is 0 Å². The van der Waals surface area contributed by atoms with Crippen molar-refractivity contribution in [3.63, 3.8) is 0 Å². The van der Waals surface area contributed by atoms with Crippen LogP contribution >= 0.6 is 0 Å². The van der Waals surface area contributed by atoms with Crippen LogP contribution in [0.25, 0.3) is 0 Å². The first-order chi connectivity index (χ1) is 11.4. The molecule has 24 heavy (non-hydrogen) atoms. The average Bonchev–Trinajstić information content (AvgIpc) is 3.24. The van der Waals surface area contributed by atoms with Crippen LogP contribution < -0.4 is 5.32 Å². The van der Waals surface area contributed by atoms with Crippen LogP contribution in [0.5, 0.6) is 0 Å². The van der Waals surface area contributed by atoms with Crippen molar-refractivity contribution < 1.29 is 18.4 Å². The van der Waals surface area contributed by atoms with E-state index >= 15 is 0 Å². The average molecular weight is 334 g/mol. The number of amides is 1. The Labute approximate surface area is 140 Å². The molecule has 2 aromatic rings. The molecule has 1 atom stereocenters. The minimum absolute atomic E-state index is 0.244. The smallest absolute Gasteiger partial charge is 0.410 e. The van der Waals surface area contributed by atoms with Gasteiger partial charge in [-0.25, -0.2) is 4.79 Å². The molecule has 0 spiro atoms. The summed E-state index contributed by atoms with van der Waals surface area (Å²) in [7, 11) is 0. The van der Waals surface area contributed by atoms with E-state index < -0.39 is 5.60 Å². The van der Waals surface area contributed by atoms with Gasteiger partial charge >= 0.3 is 12.1 Å². The molecule has 3 heterocycles. The van der Waals surface area contributed by atoms with Crippen LogP contribution in [-0.4, -0.2) is 33.3 Å². The molecule has 130 valence electrons. The summed E-state index contributed by atoms with van der Waals surface area (Å²) in [6.45, 7) is 6.62. The first-order valence-corrected chi connectivity index (χ1v) is 8.02. The number of carbonyl (C=O) groups excluding carboxylic acids is 1. The van der Waals surface area contributed by atoms with Crippen LogP contribution in [0.15, 0.2) is 27.2 Å². The van der Waals surface area contributed by atoms with Gasteiger partial charge in [0, 0.05) is 6.54 Å². The second-order valence-corrected chi connectivity index (χ2v) is 6.71. The van der Waals surface area contributed by atoms with Crippen molar-refractivity contribution >= 4 is 12.1 Å². The predicted octanol–water partition coefficient (Wildman–Crippen LogP) is 3.35. The lowest BCUT2D eigenvalue weighted by Crippen LogP contribution is -2.36. The lowest BCUT2D eigenvalue weighted by molar-refractivity contribution is 0.0204. The Kier molecular flexibility index (Phi) is 4.46. The van der Waals surface area contributed by atoms with E-state index in [1.165, 1.54) is 0 Å². The molecule has 1 saturated heterocycles. The van der Waals surface area contributed by atoms with Crippen molar-refractivity contribution in [1.82, 2.24) is 15.1 Å². The molecule has 2 aromatic heterocycles. The number of ether oxygens (including phenoxy) is 1. The molecule has 1 unspecified atom stereocenters. The van der Waals surface area contributed by atoms with Crippen molar-refractivity contribution in [3.05, 3.63) is 30.0 Å². The van der Waals surface area contributed by atoms with Gasteiger partial charge in [-0.2, -0.15) is 0 Å². The van der Waals surface area contributed by atoms with Gasteiger partial charge in [0.15, 0.2) is 0 Å². The van der Waals surface area contributed by atoms with Crippen LogP contribution in [0, 0.1) is 0 Å². The van der Waals surface area contributed by atoms with Gasteiger partial charge in [0.1, 0.15) is 17.4 Å². The summed E-state index contributed by atoms with van der Waals surface area (Å²) in [6.07, 6.45) is 2.90. The minimum Gasteiger partial charge on any atom is -0.467 e. The Morgan fingerprint density at radius 1 is 1.46 bits per heavy atom. The summed E-state index contributed by atoms with van der Waals surface area (Å²) in [5, 5.41) is 11.1. The summed E-state index contributed by atoms with van der Waals surface area (Å²) in [5.41, 5.74) is -0.533. The van der Waals surface area contributed by atoms with Crippen molar-refractivity contribution in [2.75, 3.05) is 11.9 Å². The number of nitrogens with one attached hydrogen (secondary N) is 1. The molecule has 8 heteroatoms. The number of carbonyl (C=O) groups is 1. The zero-order chi connectivity index (χ0) is 17.2. The van der Waals surface area contributed by atoms with Gasteiger partial charge in [-0.3, -0.25) is 4.90 Å². The molecule has 3 rings (SSSR count). The quantitative estimate of drug-likeness (QED) is 0.916. The van der Waals surface area contributed by atoms with Crippen molar-refractivity contribution in [3.8, 4) is 0 Å². The maximum atomic E-state index is 12.3. The van der Waals surface area contributed by atoms with Crippen LogP contribution in [0.1, 0.15) is 51.3 Å². The largest absolute Gasteiger partial charge is 0.467 e. The number of hydrogen-bond acceptors (Lipinski definition) is 7. The molecule has 1 fully saturated rings. The van der Waals surface area contributed by atoms with E-state index in [2.05, 4.69) is 15.5 Å². The lowest BCUT2D eigenvalue weighted by Gasteiger charge is -2.27. The second-order valence-electron chi connectivity index (χ2n) is 6.71. The normalized spacial score (nSPS) is 18.0. The van der Waals surface area contributed by atoms with Gasteiger partial charge < -0.3 is 18.9 Å². The van der Waals surface area contributed by atoms with Crippen LogP contribution in [-0.2, 0) is 11.3 Å². The van der Waals surface area contributed by atoms with Crippen LogP contribution in [0.3, 0.4) is 0 Å². The fourth-order valence-corrected chi connectivity index (χ4v) is 2.58. The number of furan rings is 1. The molecular formula is C16H22N4O4. The lowest BCUT2D eigenvalue weighted by atomic mass is 10.2. The molecular weight excluding hydrogens is 312 g/mol. The van der Waals surface area contributed by atoms with E-state index in [9.17, 15) is 4.79 Å². The zero-order valence-corrected chi connectivity index (χ0v) is 14.1. The van der Waals surface area contributed by atoms with Gasteiger partial charge in [-0.1, -0.05) is 5.10 Å². The monoisotopic (exact) mass is 334 g/mol. The predicted molar refractivity (Wildman–Crippen MR) is 85.2 cm³/mol. The molecule has 0 aromatic carbocycles. The molecule has 0 bridgehead atoms. The summed E-state index contributed by atoms with van der Waals surface area (Å²) in [4.78, 5) is 14.0. The Hall–Kier alpha value is -2.51. The molecule has 1 aliphatic heterocycles. The highest BCUT2D eigenvalue weighted by Gasteiger charge is 2.36. The molecule has 1 N–H and O–H groups in total. The minimum atomic E-state index is -0.533. The Morgan fingerprint density at radius 3 is 3.00 bits per heavy atom. The maximum absolute atomic E-state index is 12.3. The number of anilines is 1. The number of likely N-dealkylation sites (tertiary alicyclic amines) is 1. The highest BCUT2D eigenvalue weighted by atomic mass is 16.6. The van der Waals surface area contributed by atoms with Gasteiger partial charge in [0.25, 0.3) is 0 Å². The summed E-state index contributed by atoms with van der Waals surface area (Å²) in [5.74, 6) is 1.19. The summed E-state index contributed by atoms with van der Waals surface area (Å²) in [6, 6.07) is 3.72. The maximum Gasteiger partial charge on any atom is 0.410 e. The number of aromatic nitrogens is 2. The Morgan fingerprint density at radius 2 is 2.29 bits per heavy atom. The Bertz CT molecular complexity index is 675. The third-order valence-electron chi connectivity index (χ3n) is 3.60. The standard InChI is InChI=1S/C16H22N4O4/c1-16(2,3)24-15(21)20-8-4-7-12(20)13-18-19-14(23-13)17-10-11-6-5-9-22-11/h5-6,9,12H,4,7-8,10H2,1-3H3,(H,17,19). The van der Waals surface area contributed by atoms with Crippen molar-refractivity contribution in [2.45, 2.75) is 51.8 Å². The summed E-state index contributed by atoms with van der Waals surface area (Å²) >= 11 is 0. The van der Waals surface area contributed by atoms with Crippen molar-refractivity contribution in [2.24, 2.45) is 0 Å². The first-order valence-electron chi connectivity index (χ1n) is 8.02. The second kappa shape index (κ2) is 6.54. The van der Waals surface area contributed by atoms with Crippen LogP contribution in [0.4, 0.5) is 10.8 Å². The molecule has 0 radical (unpaired) electrons. The number of hydrogen-bond donors (Lipinski definition) is 1.